The van der Waals surface area contributed by atoms with E-state index in [1.807, 2.05) is 12.3 Å². The molecule has 0 fully saturated rings. The highest BCUT2D eigenvalue weighted by Crippen LogP contribution is 2.19. The first-order valence-corrected chi connectivity index (χ1v) is 4.67. The molecule has 3 rings (SSSR count). The van der Waals surface area contributed by atoms with E-state index in [9.17, 15) is 0 Å². The molecule has 0 unspecified atom stereocenters. The first-order valence-electron chi connectivity index (χ1n) is 4.67. The van der Waals surface area contributed by atoms with Crippen LogP contribution in [0.5, 0.6) is 0 Å². The van der Waals surface area contributed by atoms with Crippen LogP contribution in [0.15, 0.2) is 36.5 Å². The third-order valence-corrected chi connectivity index (χ3v) is 2.49. The van der Waals surface area contributed by atoms with Crippen molar-refractivity contribution in [2.75, 3.05) is 0 Å². The SMILES string of the molecule is Cc1ccc2cc3cc[nH]c3nc2c1. The van der Waals surface area contributed by atoms with Gasteiger partial charge in [-0.25, -0.2) is 4.98 Å². The summed E-state index contributed by atoms with van der Waals surface area (Å²) in [6.45, 7) is 2.08. The number of benzene rings is 1. The van der Waals surface area contributed by atoms with E-state index in [1.165, 1.54) is 16.3 Å². The molecule has 68 valence electrons. The van der Waals surface area contributed by atoms with Gasteiger partial charge in [-0.3, -0.25) is 0 Å². The molecular formula is C12H10N2. The normalized spacial score (nSPS) is 11.2. The van der Waals surface area contributed by atoms with Crippen molar-refractivity contribution in [1.82, 2.24) is 9.97 Å². The van der Waals surface area contributed by atoms with Crippen LogP contribution in [0.3, 0.4) is 0 Å². The minimum atomic E-state index is 0.961. The van der Waals surface area contributed by atoms with Gasteiger partial charge in [0, 0.05) is 17.0 Å². The Labute approximate surface area is 81.6 Å². The Bertz CT molecular complexity index is 608. The van der Waals surface area contributed by atoms with E-state index in [4.69, 9.17) is 0 Å². The van der Waals surface area contributed by atoms with Crippen LogP contribution in [0, 0.1) is 6.92 Å². The van der Waals surface area contributed by atoms with Crippen molar-refractivity contribution in [2.45, 2.75) is 6.92 Å². The second-order valence-corrected chi connectivity index (χ2v) is 3.60. The van der Waals surface area contributed by atoms with E-state index < -0.39 is 0 Å². The summed E-state index contributed by atoms with van der Waals surface area (Å²) in [6, 6.07) is 10.5. The van der Waals surface area contributed by atoms with Crippen LogP contribution in [0.1, 0.15) is 5.56 Å². The summed E-state index contributed by atoms with van der Waals surface area (Å²) in [4.78, 5) is 7.66. The highest BCUT2D eigenvalue weighted by atomic mass is 14.8. The summed E-state index contributed by atoms with van der Waals surface area (Å²) >= 11 is 0. The first kappa shape index (κ1) is 7.56. The van der Waals surface area contributed by atoms with Crippen LogP contribution in [0.4, 0.5) is 0 Å². The zero-order valence-electron chi connectivity index (χ0n) is 7.91. The predicted octanol–water partition coefficient (Wildman–Crippen LogP) is 3.02. The summed E-state index contributed by atoms with van der Waals surface area (Å²) in [5, 5.41) is 2.36. The predicted molar refractivity (Wildman–Crippen MR) is 58.3 cm³/mol. The minimum absolute atomic E-state index is 0.961. The Hall–Kier alpha value is -1.83. The van der Waals surface area contributed by atoms with Gasteiger partial charge in [0.25, 0.3) is 0 Å². The molecule has 14 heavy (non-hydrogen) atoms. The molecule has 0 aliphatic carbocycles. The smallest absolute Gasteiger partial charge is 0.137 e. The molecule has 0 atom stereocenters. The highest BCUT2D eigenvalue weighted by molar-refractivity contribution is 5.91. The number of hydrogen-bond donors (Lipinski definition) is 1. The van der Waals surface area contributed by atoms with Gasteiger partial charge in [0.05, 0.1) is 5.52 Å². The minimum Gasteiger partial charge on any atom is -0.346 e. The topological polar surface area (TPSA) is 28.7 Å². The van der Waals surface area contributed by atoms with Gasteiger partial charge in [0.15, 0.2) is 0 Å². The lowest BCUT2D eigenvalue weighted by molar-refractivity contribution is 1.36. The molecule has 2 heterocycles. The summed E-state index contributed by atoms with van der Waals surface area (Å²) < 4.78 is 0. The Morgan fingerprint density at radius 2 is 2.00 bits per heavy atom. The van der Waals surface area contributed by atoms with Crippen LogP contribution in [0.2, 0.25) is 0 Å². The van der Waals surface area contributed by atoms with E-state index >= 15 is 0 Å². The first-order chi connectivity index (χ1) is 6.83. The molecule has 0 aliphatic heterocycles. The summed E-state index contributed by atoms with van der Waals surface area (Å²) in [7, 11) is 0. The van der Waals surface area contributed by atoms with Crippen LogP contribution in [-0.2, 0) is 0 Å². The largest absolute Gasteiger partial charge is 0.346 e. The van der Waals surface area contributed by atoms with Crippen LogP contribution in [-0.4, -0.2) is 9.97 Å². The maximum absolute atomic E-state index is 4.54. The van der Waals surface area contributed by atoms with E-state index in [2.05, 4.69) is 41.2 Å². The number of hydrogen-bond acceptors (Lipinski definition) is 1. The average molecular weight is 182 g/mol. The molecule has 0 radical (unpaired) electrons. The lowest BCUT2D eigenvalue weighted by atomic mass is 10.1. The molecule has 0 saturated heterocycles. The molecule has 0 bridgehead atoms. The van der Waals surface area contributed by atoms with Crippen molar-refractivity contribution in [1.29, 1.82) is 0 Å². The van der Waals surface area contributed by atoms with Gasteiger partial charge in [-0.05, 0) is 30.7 Å². The summed E-state index contributed by atoms with van der Waals surface area (Å²) in [5.74, 6) is 0. The fourth-order valence-electron chi connectivity index (χ4n) is 1.75. The van der Waals surface area contributed by atoms with Gasteiger partial charge in [0.1, 0.15) is 5.65 Å². The zero-order chi connectivity index (χ0) is 9.54. The molecule has 0 saturated carbocycles. The molecule has 0 spiro atoms. The van der Waals surface area contributed by atoms with E-state index in [-0.39, 0.29) is 0 Å². The quantitative estimate of drug-likeness (QED) is 0.568. The maximum atomic E-state index is 4.54. The zero-order valence-corrected chi connectivity index (χ0v) is 7.91. The molecule has 2 nitrogen and oxygen atoms in total. The number of aromatic amines is 1. The van der Waals surface area contributed by atoms with Crippen molar-refractivity contribution in [3.63, 3.8) is 0 Å². The number of aromatic nitrogens is 2. The molecule has 2 aromatic heterocycles. The number of aryl methyl sites for hydroxylation is 1. The molecule has 0 aliphatic rings. The van der Waals surface area contributed by atoms with E-state index in [1.54, 1.807) is 0 Å². The third-order valence-electron chi connectivity index (χ3n) is 2.49. The Balaban J connectivity index is 2.50. The second-order valence-electron chi connectivity index (χ2n) is 3.60. The van der Waals surface area contributed by atoms with Gasteiger partial charge >= 0.3 is 0 Å². The van der Waals surface area contributed by atoms with Gasteiger partial charge in [-0.15, -0.1) is 0 Å². The van der Waals surface area contributed by atoms with Crippen molar-refractivity contribution in [2.24, 2.45) is 0 Å². The third kappa shape index (κ3) is 1.01. The molecule has 0 amide bonds. The molecule has 1 N–H and O–H groups in total. The van der Waals surface area contributed by atoms with Crippen molar-refractivity contribution < 1.29 is 0 Å². The van der Waals surface area contributed by atoms with Gasteiger partial charge in [-0.2, -0.15) is 0 Å². The number of nitrogens with one attached hydrogen (secondary N) is 1. The number of rotatable bonds is 0. The number of fused-ring (bicyclic) bond motifs is 2. The highest BCUT2D eigenvalue weighted by Gasteiger charge is 1.99. The molecule has 1 aromatic carbocycles. The fraction of sp³-hybridized carbons (Fsp3) is 0.0833. The standard InChI is InChI=1S/C12H10N2/c1-8-2-3-9-7-10-4-5-13-12(10)14-11(9)6-8/h2-7H,1H3,(H,13,14). The van der Waals surface area contributed by atoms with Gasteiger partial charge in [-0.1, -0.05) is 12.1 Å². The van der Waals surface area contributed by atoms with E-state index in [0.29, 0.717) is 0 Å². The number of pyridine rings is 1. The van der Waals surface area contributed by atoms with Crippen molar-refractivity contribution >= 4 is 21.9 Å². The summed E-state index contributed by atoms with van der Waals surface area (Å²) in [6.07, 6.45) is 1.92. The Kier molecular flexibility index (Phi) is 1.39. The van der Waals surface area contributed by atoms with Gasteiger partial charge in [0.2, 0.25) is 0 Å². The molecular weight excluding hydrogens is 172 g/mol. The van der Waals surface area contributed by atoms with E-state index in [0.717, 1.165) is 11.2 Å². The average Bonchev–Trinajstić information content (AvgIpc) is 2.61. The van der Waals surface area contributed by atoms with Crippen molar-refractivity contribution in [3.05, 3.63) is 42.1 Å². The fourth-order valence-corrected chi connectivity index (χ4v) is 1.75. The van der Waals surface area contributed by atoms with Crippen LogP contribution < -0.4 is 0 Å². The number of nitrogens with zero attached hydrogens (tertiary/aromatic N) is 1. The number of H-pyrrole nitrogens is 1. The monoisotopic (exact) mass is 182 g/mol. The Morgan fingerprint density at radius 1 is 1.07 bits per heavy atom. The lowest BCUT2D eigenvalue weighted by Crippen LogP contribution is -1.81. The second kappa shape index (κ2) is 2.58. The lowest BCUT2D eigenvalue weighted by Gasteiger charge is -1.98. The Morgan fingerprint density at radius 3 is 2.93 bits per heavy atom. The maximum Gasteiger partial charge on any atom is 0.137 e. The van der Waals surface area contributed by atoms with Gasteiger partial charge < -0.3 is 4.98 Å². The molecule has 2 heteroatoms. The molecule has 3 aromatic rings. The summed E-state index contributed by atoms with van der Waals surface area (Å²) in [5.41, 5.74) is 3.26. The van der Waals surface area contributed by atoms with Crippen LogP contribution in [0.25, 0.3) is 21.9 Å². The van der Waals surface area contributed by atoms with Crippen LogP contribution >= 0.6 is 0 Å². The van der Waals surface area contributed by atoms with Crippen molar-refractivity contribution in [3.8, 4) is 0 Å².